The van der Waals surface area contributed by atoms with Crippen LogP contribution in [-0.4, -0.2) is 35.2 Å². The predicted molar refractivity (Wildman–Crippen MR) is 97.8 cm³/mol. The van der Waals surface area contributed by atoms with E-state index in [1.807, 2.05) is 35.2 Å². The molecule has 134 valence electrons. The van der Waals surface area contributed by atoms with Crippen molar-refractivity contribution in [2.75, 3.05) is 13.1 Å². The maximum Gasteiger partial charge on any atom is 0.317 e. The standard InChI is InChI=1S/C20H32N2O2/c1-4-15(2)14-16(3)21-20(24)22-12-10-18(11-13-22)19(23)17-8-6-5-7-9-17/h5-9,15-16,18-19,23H,4,10-14H2,1-3H3,(H,21,24). The lowest BCUT2D eigenvalue weighted by Gasteiger charge is -2.35. The second-order valence-corrected chi connectivity index (χ2v) is 7.28. The van der Waals surface area contributed by atoms with Gasteiger partial charge in [0.05, 0.1) is 6.10 Å². The maximum atomic E-state index is 12.4. The normalized spacial score (nSPS) is 19.6. The molecule has 3 atom stereocenters. The number of hydrogen-bond donors (Lipinski definition) is 2. The van der Waals surface area contributed by atoms with Crippen LogP contribution in [0.15, 0.2) is 30.3 Å². The van der Waals surface area contributed by atoms with Crippen molar-refractivity contribution in [2.24, 2.45) is 11.8 Å². The highest BCUT2D eigenvalue weighted by Gasteiger charge is 2.28. The van der Waals surface area contributed by atoms with E-state index in [4.69, 9.17) is 0 Å². The molecule has 1 saturated heterocycles. The van der Waals surface area contributed by atoms with Crippen molar-refractivity contribution >= 4 is 6.03 Å². The number of carbonyl (C=O) groups excluding carboxylic acids is 1. The first kappa shape index (κ1) is 18.8. The third-order valence-corrected chi connectivity index (χ3v) is 5.24. The Morgan fingerprint density at radius 1 is 1.25 bits per heavy atom. The molecular formula is C20H32N2O2. The Bertz CT molecular complexity index is 498. The number of nitrogens with zero attached hydrogens (tertiary/aromatic N) is 1. The molecule has 2 rings (SSSR count). The lowest BCUT2D eigenvalue weighted by Crippen LogP contribution is -2.48. The fourth-order valence-corrected chi connectivity index (χ4v) is 3.47. The highest BCUT2D eigenvalue weighted by Crippen LogP contribution is 2.30. The Kier molecular flexibility index (Phi) is 7.10. The van der Waals surface area contributed by atoms with Crippen molar-refractivity contribution in [3.63, 3.8) is 0 Å². The van der Waals surface area contributed by atoms with E-state index in [9.17, 15) is 9.90 Å². The Morgan fingerprint density at radius 3 is 2.46 bits per heavy atom. The summed E-state index contributed by atoms with van der Waals surface area (Å²) in [6.07, 6.45) is 3.43. The summed E-state index contributed by atoms with van der Waals surface area (Å²) in [5.74, 6) is 0.862. The second-order valence-electron chi connectivity index (χ2n) is 7.28. The van der Waals surface area contributed by atoms with Crippen LogP contribution in [0.25, 0.3) is 0 Å². The molecule has 2 N–H and O–H groups in total. The molecule has 1 aliphatic heterocycles. The molecule has 0 saturated carbocycles. The zero-order valence-electron chi connectivity index (χ0n) is 15.2. The van der Waals surface area contributed by atoms with Crippen molar-refractivity contribution in [2.45, 2.75) is 58.6 Å². The van der Waals surface area contributed by atoms with Crippen LogP contribution < -0.4 is 5.32 Å². The van der Waals surface area contributed by atoms with Gasteiger partial charge in [0.25, 0.3) is 0 Å². The van der Waals surface area contributed by atoms with Gasteiger partial charge in [-0.05, 0) is 43.6 Å². The quantitative estimate of drug-likeness (QED) is 0.828. The summed E-state index contributed by atoms with van der Waals surface area (Å²) in [6, 6.07) is 10.1. The Balaban J connectivity index is 1.78. The van der Waals surface area contributed by atoms with E-state index in [1.54, 1.807) is 0 Å². The molecule has 1 aromatic rings. The van der Waals surface area contributed by atoms with Gasteiger partial charge in [-0.25, -0.2) is 4.79 Å². The first-order chi connectivity index (χ1) is 11.5. The summed E-state index contributed by atoms with van der Waals surface area (Å²) < 4.78 is 0. The number of benzene rings is 1. The highest BCUT2D eigenvalue weighted by molar-refractivity contribution is 5.74. The number of aliphatic hydroxyl groups is 1. The van der Waals surface area contributed by atoms with Crippen molar-refractivity contribution in [1.29, 1.82) is 0 Å². The van der Waals surface area contributed by atoms with Crippen LogP contribution in [0.1, 0.15) is 58.1 Å². The summed E-state index contributed by atoms with van der Waals surface area (Å²) in [5, 5.41) is 13.6. The summed E-state index contributed by atoms with van der Waals surface area (Å²) >= 11 is 0. The van der Waals surface area contributed by atoms with Gasteiger partial charge in [0.1, 0.15) is 0 Å². The fraction of sp³-hybridized carbons (Fsp3) is 0.650. The molecular weight excluding hydrogens is 300 g/mol. The minimum absolute atomic E-state index is 0.0402. The van der Waals surface area contributed by atoms with Crippen molar-refractivity contribution < 1.29 is 9.90 Å². The molecule has 4 nitrogen and oxygen atoms in total. The third kappa shape index (κ3) is 5.23. The first-order valence-corrected chi connectivity index (χ1v) is 9.29. The van der Waals surface area contributed by atoms with E-state index in [0.717, 1.165) is 44.3 Å². The number of hydrogen-bond acceptors (Lipinski definition) is 2. The van der Waals surface area contributed by atoms with E-state index < -0.39 is 6.10 Å². The van der Waals surface area contributed by atoms with Gasteiger partial charge in [-0.3, -0.25) is 0 Å². The summed E-state index contributed by atoms with van der Waals surface area (Å²) in [4.78, 5) is 14.3. The highest BCUT2D eigenvalue weighted by atomic mass is 16.3. The monoisotopic (exact) mass is 332 g/mol. The third-order valence-electron chi connectivity index (χ3n) is 5.24. The van der Waals surface area contributed by atoms with Crippen LogP contribution in [0.5, 0.6) is 0 Å². The molecule has 0 bridgehead atoms. The number of rotatable bonds is 6. The number of nitrogens with one attached hydrogen (secondary N) is 1. The Labute approximate surface area is 146 Å². The number of aliphatic hydroxyl groups excluding tert-OH is 1. The predicted octanol–water partition coefficient (Wildman–Crippen LogP) is 3.97. The number of likely N-dealkylation sites (tertiary alicyclic amines) is 1. The number of piperidine rings is 1. The SMILES string of the molecule is CCC(C)CC(C)NC(=O)N1CCC(C(O)c2ccccc2)CC1. The minimum Gasteiger partial charge on any atom is -0.388 e. The zero-order valence-corrected chi connectivity index (χ0v) is 15.2. The number of carbonyl (C=O) groups is 1. The molecule has 1 fully saturated rings. The van der Waals surface area contributed by atoms with Gasteiger partial charge >= 0.3 is 6.03 Å². The molecule has 1 heterocycles. The van der Waals surface area contributed by atoms with E-state index in [2.05, 4.69) is 26.1 Å². The van der Waals surface area contributed by atoms with Crippen LogP contribution in [-0.2, 0) is 0 Å². The number of urea groups is 1. The lowest BCUT2D eigenvalue weighted by molar-refractivity contribution is 0.0661. The van der Waals surface area contributed by atoms with E-state index in [-0.39, 0.29) is 18.0 Å². The molecule has 0 spiro atoms. The summed E-state index contributed by atoms with van der Waals surface area (Å²) in [5.41, 5.74) is 0.975. The molecule has 3 unspecified atom stereocenters. The van der Waals surface area contributed by atoms with Gasteiger partial charge < -0.3 is 15.3 Å². The maximum absolute atomic E-state index is 12.4. The van der Waals surface area contributed by atoms with Gasteiger partial charge in [0.2, 0.25) is 0 Å². The van der Waals surface area contributed by atoms with E-state index >= 15 is 0 Å². The van der Waals surface area contributed by atoms with E-state index in [0.29, 0.717) is 5.92 Å². The fourth-order valence-electron chi connectivity index (χ4n) is 3.47. The molecule has 4 heteroatoms. The van der Waals surface area contributed by atoms with Gasteiger partial charge in [-0.2, -0.15) is 0 Å². The molecule has 1 aromatic carbocycles. The topological polar surface area (TPSA) is 52.6 Å². The molecule has 0 aliphatic carbocycles. The Hall–Kier alpha value is -1.55. The van der Waals surface area contributed by atoms with Crippen LogP contribution in [0.2, 0.25) is 0 Å². The van der Waals surface area contributed by atoms with Crippen LogP contribution >= 0.6 is 0 Å². The lowest BCUT2D eigenvalue weighted by atomic mass is 9.87. The molecule has 0 radical (unpaired) electrons. The zero-order chi connectivity index (χ0) is 17.5. The van der Waals surface area contributed by atoms with Crippen molar-refractivity contribution in [3.05, 3.63) is 35.9 Å². The smallest absolute Gasteiger partial charge is 0.317 e. The van der Waals surface area contributed by atoms with Gasteiger partial charge in [0, 0.05) is 19.1 Å². The average Bonchev–Trinajstić information content (AvgIpc) is 2.61. The van der Waals surface area contributed by atoms with Gasteiger partial charge in [-0.1, -0.05) is 50.6 Å². The number of amides is 2. The van der Waals surface area contributed by atoms with E-state index in [1.165, 1.54) is 0 Å². The van der Waals surface area contributed by atoms with Crippen LogP contribution in [0.3, 0.4) is 0 Å². The molecule has 0 aromatic heterocycles. The first-order valence-electron chi connectivity index (χ1n) is 9.29. The van der Waals surface area contributed by atoms with Gasteiger partial charge in [-0.15, -0.1) is 0 Å². The van der Waals surface area contributed by atoms with Crippen molar-refractivity contribution in [3.8, 4) is 0 Å². The molecule has 2 amide bonds. The summed E-state index contributed by atoms with van der Waals surface area (Å²) in [7, 11) is 0. The average molecular weight is 332 g/mol. The minimum atomic E-state index is -0.430. The second kappa shape index (κ2) is 9.07. The van der Waals surface area contributed by atoms with Crippen LogP contribution in [0.4, 0.5) is 4.79 Å². The largest absolute Gasteiger partial charge is 0.388 e. The molecule has 24 heavy (non-hydrogen) atoms. The Morgan fingerprint density at radius 2 is 1.88 bits per heavy atom. The van der Waals surface area contributed by atoms with Gasteiger partial charge in [0.15, 0.2) is 0 Å². The van der Waals surface area contributed by atoms with Crippen LogP contribution in [0, 0.1) is 11.8 Å². The summed E-state index contributed by atoms with van der Waals surface area (Å²) in [6.45, 7) is 7.92. The van der Waals surface area contributed by atoms with Crippen molar-refractivity contribution in [1.82, 2.24) is 10.2 Å². The molecule has 1 aliphatic rings.